The predicted octanol–water partition coefficient (Wildman–Crippen LogP) is 23.7. The van der Waals surface area contributed by atoms with Crippen molar-refractivity contribution in [2.45, 2.75) is 297 Å². The van der Waals surface area contributed by atoms with Gasteiger partial charge in [-0.1, -0.05) is 281 Å². The Bertz CT molecular complexity index is 1840. The minimum absolute atomic E-state index is 0.0998. The van der Waals surface area contributed by atoms with Crippen LogP contribution in [0.15, 0.2) is 158 Å². The van der Waals surface area contributed by atoms with Crippen LogP contribution in [-0.4, -0.2) is 37.2 Å². The Balaban J connectivity index is 4.38. The van der Waals surface area contributed by atoms with Gasteiger partial charge in [-0.25, -0.2) is 0 Å². The fourth-order valence-corrected chi connectivity index (χ4v) is 8.97. The zero-order chi connectivity index (χ0) is 59.9. The minimum Gasteiger partial charge on any atom is -0.462 e. The van der Waals surface area contributed by atoms with Crippen LogP contribution in [0, 0.1) is 0 Å². The van der Waals surface area contributed by atoms with Crippen LogP contribution in [0.1, 0.15) is 290 Å². The zero-order valence-corrected chi connectivity index (χ0v) is 53.7. The fraction of sp³-hybridized carbons (Fsp3) is 0.623. The van der Waals surface area contributed by atoms with E-state index in [1.54, 1.807) is 0 Å². The second-order valence-corrected chi connectivity index (χ2v) is 22.0. The second kappa shape index (κ2) is 69.5. The molecule has 0 aromatic carbocycles. The molecule has 1 atom stereocenters. The maximum Gasteiger partial charge on any atom is 0.306 e. The van der Waals surface area contributed by atoms with Crippen molar-refractivity contribution in [3.63, 3.8) is 0 Å². The fourth-order valence-electron chi connectivity index (χ4n) is 8.97. The van der Waals surface area contributed by atoms with E-state index in [4.69, 9.17) is 14.2 Å². The van der Waals surface area contributed by atoms with Crippen LogP contribution in [0.2, 0.25) is 0 Å². The quantitative estimate of drug-likeness (QED) is 0.0261. The van der Waals surface area contributed by atoms with Gasteiger partial charge in [-0.05, 0) is 148 Å². The van der Waals surface area contributed by atoms with Crippen LogP contribution in [-0.2, 0) is 28.6 Å². The number of allylic oxidation sites excluding steroid dienone is 26. The molecule has 0 rings (SSSR count). The Morgan fingerprint density at radius 1 is 0.253 bits per heavy atom. The van der Waals surface area contributed by atoms with Crippen LogP contribution in [0.4, 0.5) is 0 Å². The summed E-state index contributed by atoms with van der Waals surface area (Å²) in [5.74, 6) is -0.938. The average Bonchev–Trinajstić information content (AvgIpc) is 3.49. The summed E-state index contributed by atoms with van der Waals surface area (Å²) in [5.41, 5.74) is 0. The number of ether oxygens (including phenoxy) is 3. The third kappa shape index (κ3) is 67.7. The average molecular weight is 1150 g/mol. The van der Waals surface area contributed by atoms with Gasteiger partial charge >= 0.3 is 17.9 Å². The smallest absolute Gasteiger partial charge is 0.306 e. The maximum absolute atomic E-state index is 12.9. The second-order valence-electron chi connectivity index (χ2n) is 22.0. The normalized spacial score (nSPS) is 13.1. The Kier molecular flexibility index (Phi) is 65.4. The lowest BCUT2D eigenvalue weighted by Crippen LogP contribution is -2.30. The molecule has 0 aromatic heterocycles. The molecule has 0 N–H and O–H groups in total. The number of hydrogen-bond acceptors (Lipinski definition) is 6. The van der Waals surface area contributed by atoms with E-state index >= 15 is 0 Å². The number of hydrogen-bond donors (Lipinski definition) is 0. The van der Waals surface area contributed by atoms with Crippen molar-refractivity contribution in [3.05, 3.63) is 158 Å². The first kappa shape index (κ1) is 78.0. The third-order valence-electron chi connectivity index (χ3n) is 14.0. The molecule has 83 heavy (non-hydrogen) atoms. The Labute approximate surface area is 511 Å². The van der Waals surface area contributed by atoms with Gasteiger partial charge < -0.3 is 14.2 Å². The summed E-state index contributed by atoms with van der Waals surface area (Å²) >= 11 is 0. The topological polar surface area (TPSA) is 78.9 Å². The third-order valence-corrected chi connectivity index (χ3v) is 14.0. The van der Waals surface area contributed by atoms with Crippen LogP contribution in [0.25, 0.3) is 0 Å². The highest BCUT2D eigenvalue weighted by molar-refractivity contribution is 5.71. The Morgan fingerprint density at radius 3 is 0.747 bits per heavy atom. The van der Waals surface area contributed by atoms with Crippen LogP contribution < -0.4 is 0 Å². The molecule has 6 nitrogen and oxygen atoms in total. The van der Waals surface area contributed by atoms with Crippen LogP contribution in [0.3, 0.4) is 0 Å². The molecule has 0 fully saturated rings. The summed E-state index contributed by atoms with van der Waals surface area (Å²) in [6.07, 6.45) is 101. The molecule has 0 aromatic rings. The largest absolute Gasteiger partial charge is 0.462 e. The van der Waals surface area contributed by atoms with E-state index in [1.807, 2.05) is 0 Å². The SMILES string of the molecule is CC/C=C\C/C=C\C/C=C\C/C=C\C/C=C\C/C=C\C/C=C\C/C=C\C/C=C\CCCCCCCC(=O)OCC(COC(=O)CCCCCCC/C=C\C/C=C\C/C=C\CC)OC(=O)CCCCCCCCC/C=C\CCCCCCCC. The molecule has 0 saturated heterocycles. The molecule has 0 aliphatic rings. The molecule has 0 bridgehead atoms. The summed E-state index contributed by atoms with van der Waals surface area (Å²) in [5, 5.41) is 0. The molecule has 0 radical (unpaired) electrons. The lowest BCUT2D eigenvalue weighted by Gasteiger charge is -2.18. The molecule has 0 heterocycles. The lowest BCUT2D eigenvalue weighted by atomic mass is 10.1. The van der Waals surface area contributed by atoms with Crippen molar-refractivity contribution < 1.29 is 28.6 Å². The lowest BCUT2D eigenvalue weighted by molar-refractivity contribution is -0.167. The van der Waals surface area contributed by atoms with Crippen molar-refractivity contribution in [2.24, 2.45) is 0 Å². The Morgan fingerprint density at radius 2 is 0.470 bits per heavy atom. The highest BCUT2D eigenvalue weighted by Gasteiger charge is 2.19. The zero-order valence-electron chi connectivity index (χ0n) is 53.7. The van der Waals surface area contributed by atoms with E-state index in [1.165, 1.54) is 77.0 Å². The van der Waals surface area contributed by atoms with E-state index in [0.717, 1.165) is 173 Å². The van der Waals surface area contributed by atoms with Crippen LogP contribution in [0.5, 0.6) is 0 Å². The van der Waals surface area contributed by atoms with Gasteiger partial charge in [0.2, 0.25) is 0 Å². The molecular formula is C77H124O6. The summed E-state index contributed by atoms with van der Waals surface area (Å²) in [4.78, 5) is 38.4. The number of unbranched alkanes of at least 4 members (excludes halogenated alkanes) is 23. The van der Waals surface area contributed by atoms with Gasteiger partial charge in [0.25, 0.3) is 0 Å². The predicted molar refractivity (Wildman–Crippen MR) is 362 cm³/mol. The molecule has 0 aliphatic heterocycles. The monoisotopic (exact) mass is 1140 g/mol. The maximum atomic E-state index is 12.9. The molecule has 0 aliphatic carbocycles. The van der Waals surface area contributed by atoms with E-state index in [2.05, 4.69) is 179 Å². The first-order chi connectivity index (χ1) is 41.0. The van der Waals surface area contributed by atoms with Crippen LogP contribution >= 0.6 is 0 Å². The van der Waals surface area contributed by atoms with Gasteiger partial charge in [0.1, 0.15) is 13.2 Å². The highest BCUT2D eigenvalue weighted by atomic mass is 16.6. The van der Waals surface area contributed by atoms with Gasteiger partial charge in [-0.3, -0.25) is 14.4 Å². The van der Waals surface area contributed by atoms with Crippen molar-refractivity contribution in [1.82, 2.24) is 0 Å². The molecule has 468 valence electrons. The van der Waals surface area contributed by atoms with Gasteiger partial charge in [-0.2, -0.15) is 0 Å². The Hall–Kier alpha value is -4.97. The molecular weight excluding hydrogens is 1020 g/mol. The van der Waals surface area contributed by atoms with E-state index < -0.39 is 6.10 Å². The molecule has 6 heteroatoms. The van der Waals surface area contributed by atoms with Gasteiger partial charge in [0.15, 0.2) is 6.10 Å². The molecule has 0 spiro atoms. The first-order valence-corrected chi connectivity index (χ1v) is 34.0. The summed E-state index contributed by atoms with van der Waals surface area (Å²) in [7, 11) is 0. The van der Waals surface area contributed by atoms with E-state index in [-0.39, 0.29) is 31.1 Å². The van der Waals surface area contributed by atoms with E-state index in [0.29, 0.717) is 19.3 Å². The number of carbonyl (C=O) groups is 3. The van der Waals surface area contributed by atoms with Gasteiger partial charge in [0, 0.05) is 19.3 Å². The number of esters is 3. The van der Waals surface area contributed by atoms with Gasteiger partial charge in [-0.15, -0.1) is 0 Å². The van der Waals surface area contributed by atoms with Gasteiger partial charge in [0.05, 0.1) is 0 Å². The highest BCUT2D eigenvalue weighted by Crippen LogP contribution is 2.15. The van der Waals surface area contributed by atoms with Crippen molar-refractivity contribution >= 4 is 17.9 Å². The van der Waals surface area contributed by atoms with Crippen molar-refractivity contribution in [2.75, 3.05) is 13.2 Å². The summed E-state index contributed by atoms with van der Waals surface area (Å²) in [6.45, 7) is 6.38. The first-order valence-electron chi connectivity index (χ1n) is 34.0. The molecule has 0 amide bonds. The van der Waals surface area contributed by atoms with Crippen molar-refractivity contribution in [1.29, 1.82) is 0 Å². The number of carbonyl (C=O) groups excluding carboxylic acids is 3. The van der Waals surface area contributed by atoms with E-state index in [9.17, 15) is 14.4 Å². The standard InChI is InChI=1S/C77H124O6/c1-4-7-10-13-16-19-22-25-28-30-31-32-33-34-35-36-37-38-39-40-41-42-43-44-45-47-49-52-55-58-61-64-67-70-76(79)82-73-74(72-81-75(78)69-66-63-60-57-54-51-48-27-24-21-18-15-12-9-6-3)83-77(80)71-68-65-62-59-56-53-50-46-29-26-23-20-17-14-11-8-5-2/h7,9-10,12,16,18-19,21,25-29,31-32,34-35,37-38,40-41,43-44,47-49,74H,4-6,8,11,13-15,17,20,22-24,30,33,36,39,42,45-46,50-73H2,1-3H3/b10-7-,12-9-,19-16-,21-18-,28-25-,29-26-,32-31-,35-34-,38-37-,41-40-,44-43-,48-27-,49-47-. The van der Waals surface area contributed by atoms with Crippen molar-refractivity contribution in [3.8, 4) is 0 Å². The summed E-state index contributed by atoms with van der Waals surface area (Å²) < 4.78 is 16.9. The molecule has 1 unspecified atom stereocenters. The number of rotatable bonds is 60. The summed E-state index contributed by atoms with van der Waals surface area (Å²) in [6, 6.07) is 0. The molecule has 0 saturated carbocycles. The minimum atomic E-state index is -0.804.